The average Bonchev–Trinajstić information content (AvgIpc) is 3.31. The number of carbonyl (C=O) groups excluding carboxylic acids is 4. The maximum absolute atomic E-state index is 13.7. The van der Waals surface area contributed by atoms with Crippen LogP contribution in [0.3, 0.4) is 0 Å². The van der Waals surface area contributed by atoms with E-state index in [1.165, 1.54) is 28.4 Å². The number of hydrazone groups is 2. The number of Topliss-reactive ketones (excluding diaryl/α,β-unsaturated/α-hetero) is 2. The number of aromatic carboxylic acids is 2. The molecule has 70 heavy (non-hydrogen) atoms. The molecule has 0 aromatic heterocycles. The Morgan fingerprint density at radius 1 is 0.514 bits per heavy atom. The summed E-state index contributed by atoms with van der Waals surface area (Å²) in [4.78, 5) is 75.8. The predicted octanol–water partition coefficient (Wildman–Crippen LogP) is 3.50. The fraction of sp³-hybridized carbons (Fsp3) is 0.143. The monoisotopic (exact) mass is 1010 g/mol. The number of ketones is 2. The molecule has 0 aliphatic heterocycles. The summed E-state index contributed by atoms with van der Waals surface area (Å²) in [7, 11) is -3.27. The summed E-state index contributed by atoms with van der Waals surface area (Å²) in [5.74, 6) is -8.73. The zero-order valence-corrected chi connectivity index (χ0v) is 38.4. The summed E-state index contributed by atoms with van der Waals surface area (Å²) >= 11 is 0. The number of allylic oxidation sites excluding steroid dienone is 2. The summed E-state index contributed by atoms with van der Waals surface area (Å²) in [6.45, 7) is 0. The quantitative estimate of drug-likeness (QED) is 0.0452. The van der Waals surface area contributed by atoms with Gasteiger partial charge in [0.15, 0.2) is 34.4 Å². The Labute approximate surface area is 394 Å². The number of fused-ring (bicyclic) bond motifs is 2. The average molecular weight is 1010 g/mol. The van der Waals surface area contributed by atoms with Crippen LogP contribution in [-0.2, 0) is 29.8 Å². The first-order valence-corrected chi connectivity index (χ1v) is 22.1. The Hall–Kier alpha value is -8.86. The van der Waals surface area contributed by atoms with Crippen molar-refractivity contribution in [2.75, 3.05) is 64.1 Å². The number of nitrogens with zero attached hydrogens (tertiary/aromatic N) is 2. The van der Waals surface area contributed by atoms with Gasteiger partial charge in [-0.3, -0.25) is 39.1 Å². The van der Waals surface area contributed by atoms with E-state index in [1.807, 2.05) is 0 Å². The van der Waals surface area contributed by atoms with Crippen LogP contribution in [-0.4, -0.2) is 126 Å². The predicted molar refractivity (Wildman–Crippen MR) is 246 cm³/mol. The van der Waals surface area contributed by atoms with E-state index in [2.05, 4.69) is 31.7 Å². The van der Waals surface area contributed by atoms with Gasteiger partial charge in [-0.25, -0.2) is 9.59 Å². The number of amides is 2. The number of anilines is 4. The molecule has 0 atom stereocenters. The van der Waals surface area contributed by atoms with Gasteiger partial charge >= 0.3 is 23.8 Å². The summed E-state index contributed by atoms with van der Waals surface area (Å²) in [5, 5.41) is 31.9. The molecule has 0 saturated heterocycles. The van der Waals surface area contributed by atoms with E-state index in [9.17, 15) is 64.9 Å². The third-order valence-electron chi connectivity index (χ3n) is 10.0. The van der Waals surface area contributed by atoms with Gasteiger partial charge in [-0.1, -0.05) is 0 Å². The van der Waals surface area contributed by atoms with Crippen molar-refractivity contribution in [1.29, 1.82) is 0 Å². The van der Waals surface area contributed by atoms with Crippen LogP contribution in [0, 0.1) is 0 Å². The first-order valence-electron chi connectivity index (χ1n) is 19.2. The highest BCUT2D eigenvalue weighted by atomic mass is 32.2. The minimum Gasteiger partial charge on any atom is -0.493 e. The van der Waals surface area contributed by atoms with Gasteiger partial charge in [-0.05, 0) is 59.7 Å². The van der Waals surface area contributed by atoms with Gasteiger partial charge < -0.3 is 49.3 Å². The number of nitrogens with one attached hydrogen (secondary N) is 4. The molecule has 0 heterocycles. The van der Waals surface area contributed by atoms with E-state index in [1.54, 1.807) is 0 Å². The highest BCUT2D eigenvalue weighted by molar-refractivity contribution is 7.91. The van der Waals surface area contributed by atoms with Crippen LogP contribution in [0.15, 0.2) is 68.5 Å². The molecule has 2 aliphatic rings. The lowest BCUT2D eigenvalue weighted by atomic mass is 9.94. The van der Waals surface area contributed by atoms with Gasteiger partial charge in [-0.2, -0.15) is 27.0 Å². The van der Waals surface area contributed by atoms with E-state index in [-0.39, 0.29) is 68.1 Å². The van der Waals surface area contributed by atoms with Crippen LogP contribution in [0.1, 0.15) is 52.6 Å². The van der Waals surface area contributed by atoms with Crippen LogP contribution >= 0.6 is 0 Å². The third kappa shape index (κ3) is 9.76. The number of hydrogen-bond donors (Lipinski definition) is 8. The zero-order chi connectivity index (χ0) is 51.6. The fourth-order valence-electron chi connectivity index (χ4n) is 6.91. The summed E-state index contributed by atoms with van der Waals surface area (Å²) in [6.07, 6.45) is 1.64. The maximum atomic E-state index is 13.7. The van der Waals surface area contributed by atoms with E-state index >= 15 is 0 Å². The maximum Gasteiger partial charge on any atom is 0.338 e. The van der Waals surface area contributed by atoms with E-state index in [0.29, 0.717) is 0 Å². The van der Waals surface area contributed by atoms with Crippen LogP contribution in [0.5, 0.6) is 34.5 Å². The molecule has 0 radical (unpaired) electrons. The van der Waals surface area contributed by atoms with E-state index in [4.69, 9.17) is 28.4 Å². The van der Waals surface area contributed by atoms with Crippen molar-refractivity contribution >= 4 is 102 Å². The molecule has 0 saturated carbocycles. The third-order valence-corrected chi connectivity index (χ3v) is 11.8. The number of rotatable bonds is 16. The minimum absolute atomic E-state index is 0.0604. The number of carboxylic acids is 2. The molecule has 0 spiro atoms. The van der Waals surface area contributed by atoms with Crippen molar-refractivity contribution in [1.82, 2.24) is 0 Å². The number of benzene rings is 4. The van der Waals surface area contributed by atoms with Crippen molar-refractivity contribution in [2.24, 2.45) is 10.2 Å². The molecule has 8 N–H and O–H groups in total. The number of carbonyl (C=O) groups is 6. The summed E-state index contributed by atoms with van der Waals surface area (Å²) in [6, 6.07) is 8.81. The number of hydrogen-bond acceptors (Lipinski definition) is 20. The van der Waals surface area contributed by atoms with Crippen molar-refractivity contribution in [3.05, 3.63) is 91.7 Å². The lowest BCUT2D eigenvalue weighted by Gasteiger charge is -2.20. The van der Waals surface area contributed by atoms with Crippen molar-refractivity contribution < 1.29 is 93.3 Å². The molecule has 6 rings (SSSR count). The van der Waals surface area contributed by atoms with Gasteiger partial charge in [0.25, 0.3) is 20.2 Å². The highest BCUT2D eigenvalue weighted by Gasteiger charge is 2.36. The molecule has 366 valence electrons. The van der Waals surface area contributed by atoms with Gasteiger partial charge in [0.05, 0.1) is 53.8 Å². The Morgan fingerprint density at radius 2 is 0.857 bits per heavy atom. The van der Waals surface area contributed by atoms with E-state index < -0.39 is 99.3 Å². The molecular formula is C42H36N6O20S2. The standard InChI is InChI=1S/C42H36N6O20S2/c1-63-25-15-23(41(53)54)29(37(67-5)35(25)65-3)45-47-31-27(69(57,58)59)13-17-11-19(7-9-21(17)33(31)49)43-39(51)40(52)44-20-8-10-22-18(12-20)14-28(70(60,61)62)32(34(22)50)48-46-30-24(42(55)56)16-26(64-2)36(66-4)38(30)68-6/h7-16,45-46H,1-6H3,(H,43,51)(H,44,52)(H,53,54)(H,55,56)(H,57,58,59)(H,60,61,62)/b47-31-,48-32-. The Balaban J connectivity index is 1.25. The van der Waals surface area contributed by atoms with E-state index in [0.717, 1.165) is 74.9 Å². The molecule has 2 amide bonds. The smallest absolute Gasteiger partial charge is 0.338 e. The molecule has 0 fully saturated rings. The number of carboxylic acid groups (broad SMARTS) is 2. The minimum atomic E-state index is -5.24. The van der Waals surface area contributed by atoms with Crippen LogP contribution < -0.4 is 49.9 Å². The Bertz CT molecular complexity index is 3110. The van der Waals surface area contributed by atoms with Crippen molar-refractivity contribution in [3.8, 4) is 34.5 Å². The fourth-order valence-corrected chi connectivity index (χ4v) is 8.22. The SMILES string of the molecule is COc1cc(C(=O)O)c(N/N=C2\C(=O)c3ccc(NC(=O)C(=O)Nc4ccc5c(c4)C=C(S(=O)(=O)O)/C(=N/Nc4c(C(=O)O)cc(OC)c(OC)c4OC)C5=O)cc3C=C2S(=O)(=O)O)c(OC)c1OC. The zero-order valence-electron chi connectivity index (χ0n) is 36.8. The molecule has 4 aromatic rings. The topological polar surface area (TPSA) is 380 Å². The largest absolute Gasteiger partial charge is 0.493 e. The normalized spacial score (nSPS) is 14.3. The van der Waals surface area contributed by atoms with Crippen LogP contribution in [0.4, 0.5) is 22.7 Å². The number of ether oxygens (including phenoxy) is 6. The molecule has 2 aliphatic carbocycles. The molecule has 4 aromatic carbocycles. The molecule has 0 bridgehead atoms. The second-order valence-corrected chi connectivity index (χ2v) is 16.8. The molecular weight excluding hydrogens is 973 g/mol. The van der Waals surface area contributed by atoms with Gasteiger partial charge in [-0.15, -0.1) is 0 Å². The van der Waals surface area contributed by atoms with Gasteiger partial charge in [0.2, 0.25) is 23.1 Å². The second kappa shape index (κ2) is 19.8. The first-order chi connectivity index (χ1) is 33.0. The summed E-state index contributed by atoms with van der Waals surface area (Å²) < 4.78 is 102. The number of methoxy groups -OCH3 is 6. The summed E-state index contributed by atoms with van der Waals surface area (Å²) in [5.41, 5.74) is -0.108. The first kappa shape index (κ1) is 50.6. The molecule has 28 heteroatoms. The Morgan fingerprint density at radius 3 is 1.14 bits per heavy atom. The molecule has 0 unspecified atom stereocenters. The highest BCUT2D eigenvalue weighted by Crippen LogP contribution is 2.47. The lowest BCUT2D eigenvalue weighted by Crippen LogP contribution is -2.30. The van der Waals surface area contributed by atoms with Crippen molar-refractivity contribution in [3.63, 3.8) is 0 Å². The van der Waals surface area contributed by atoms with Crippen molar-refractivity contribution in [2.45, 2.75) is 0 Å². The van der Waals surface area contributed by atoms with Gasteiger partial charge in [0.1, 0.15) is 21.2 Å². The lowest BCUT2D eigenvalue weighted by molar-refractivity contribution is -0.132. The van der Waals surface area contributed by atoms with Gasteiger partial charge in [0, 0.05) is 34.6 Å². The molecule has 26 nitrogen and oxygen atoms in total. The van der Waals surface area contributed by atoms with Crippen LogP contribution in [0.25, 0.3) is 12.2 Å². The second-order valence-electron chi connectivity index (χ2n) is 14.0. The Kier molecular flexibility index (Phi) is 14.3. The van der Waals surface area contributed by atoms with Crippen LogP contribution in [0.2, 0.25) is 0 Å².